The number of amides is 1. The van der Waals surface area contributed by atoms with E-state index in [4.69, 9.17) is 0 Å². The second-order valence-electron chi connectivity index (χ2n) is 7.71. The summed E-state index contributed by atoms with van der Waals surface area (Å²) in [7, 11) is 0. The lowest BCUT2D eigenvalue weighted by Crippen LogP contribution is -2.45. The van der Waals surface area contributed by atoms with Crippen molar-refractivity contribution >= 4 is 5.91 Å². The molecule has 1 fully saturated rings. The molecule has 1 atom stereocenters. The van der Waals surface area contributed by atoms with Crippen molar-refractivity contribution in [1.29, 1.82) is 0 Å². The van der Waals surface area contributed by atoms with E-state index in [-0.39, 0.29) is 23.3 Å². The maximum Gasteiger partial charge on any atom is 0.253 e. The summed E-state index contributed by atoms with van der Waals surface area (Å²) in [5.41, 5.74) is 1.20. The van der Waals surface area contributed by atoms with Gasteiger partial charge in [0.25, 0.3) is 5.91 Å². The van der Waals surface area contributed by atoms with Gasteiger partial charge >= 0.3 is 0 Å². The number of halogens is 4. The van der Waals surface area contributed by atoms with Gasteiger partial charge in [-0.3, -0.25) is 14.7 Å². The normalized spacial score (nSPS) is 16.0. The Morgan fingerprint density at radius 1 is 1.03 bits per heavy atom. The maximum absolute atomic E-state index is 14.7. The number of benzene rings is 2. The second-order valence-corrected chi connectivity index (χ2v) is 7.71. The Morgan fingerprint density at radius 2 is 1.78 bits per heavy atom. The largest absolute Gasteiger partial charge is 0.349 e. The van der Waals surface area contributed by atoms with Gasteiger partial charge in [-0.05, 0) is 43.2 Å². The molecule has 1 amide bonds. The highest BCUT2D eigenvalue weighted by Crippen LogP contribution is 2.29. The van der Waals surface area contributed by atoms with Crippen molar-refractivity contribution in [3.05, 3.63) is 89.4 Å². The summed E-state index contributed by atoms with van der Waals surface area (Å²) in [4.78, 5) is 18.2. The Balaban J connectivity index is 1.33. The number of rotatable bonds is 5. The van der Waals surface area contributed by atoms with Gasteiger partial charge in [-0.15, -0.1) is 0 Å². The molecule has 32 heavy (non-hydrogen) atoms. The van der Waals surface area contributed by atoms with Crippen molar-refractivity contribution in [1.82, 2.24) is 15.2 Å². The fraction of sp³-hybridized carbons (Fsp3) is 0.250. The Kier molecular flexibility index (Phi) is 6.50. The van der Waals surface area contributed by atoms with E-state index in [1.54, 1.807) is 24.3 Å². The van der Waals surface area contributed by atoms with Gasteiger partial charge in [-0.1, -0.05) is 24.3 Å². The molecule has 1 N–H and O–H groups in total. The number of nitrogens with zero attached hydrogens (tertiary/aromatic N) is 2. The van der Waals surface area contributed by atoms with E-state index >= 15 is 0 Å². The molecule has 0 aliphatic carbocycles. The molecule has 3 aromatic rings. The minimum absolute atomic E-state index is 0.175. The summed E-state index contributed by atoms with van der Waals surface area (Å²) in [6.07, 6.45) is 0.618. The van der Waals surface area contributed by atoms with Gasteiger partial charge in [-0.25, -0.2) is 17.6 Å². The van der Waals surface area contributed by atoms with Gasteiger partial charge in [0.15, 0.2) is 17.9 Å². The molecular formula is C24H21F4N3O. The van der Waals surface area contributed by atoms with E-state index in [1.165, 1.54) is 35.4 Å². The van der Waals surface area contributed by atoms with Crippen LogP contribution in [0.25, 0.3) is 11.3 Å². The number of aromatic nitrogens is 1. The zero-order valence-corrected chi connectivity index (χ0v) is 17.1. The number of pyridine rings is 1. The van der Waals surface area contributed by atoms with E-state index in [9.17, 15) is 22.4 Å². The molecule has 2 aromatic carbocycles. The lowest BCUT2D eigenvalue weighted by atomic mass is 10.0. The Morgan fingerprint density at radius 3 is 2.47 bits per heavy atom. The van der Waals surface area contributed by atoms with Crippen LogP contribution in [0.5, 0.6) is 0 Å². The first-order chi connectivity index (χ1) is 15.4. The van der Waals surface area contributed by atoms with Crippen LogP contribution in [0.2, 0.25) is 0 Å². The molecule has 1 aliphatic heterocycles. The summed E-state index contributed by atoms with van der Waals surface area (Å²) in [5, 5.41) is 2.90. The molecule has 1 unspecified atom stereocenters. The maximum atomic E-state index is 14.7. The third-order valence-corrected chi connectivity index (χ3v) is 5.57. The molecule has 2 heterocycles. The zero-order chi connectivity index (χ0) is 22.7. The number of likely N-dealkylation sites (tertiary alicyclic amines) is 1. The number of carbonyl (C=O) groups is 1. The quantitative estimate of drug-likeness (QED) is 0.445. The van der Waals surface area contributed by atoms with Crippen LogP contribution in [0.4, 0.5) is 17.6 Å². The second kappa shape index (κ2) is 9.48. The van der Waals surface area contributed by atoms with Gasteiger partial charge < -0.3 is 5.32 Å². The monoisotopic (exact) mass is 443 g/mol. The Labute approximate surface area is 182 Å². The molecule has 166 valence electrons. The fourth-order valence-corrected chi connectivity index (χ4v) is 3.79. The minimum atomic E-state index is -1.75. The zero-order valence-electron chi connectivity index (χ0n) is 17.1. The molecule has 1 aliphatic rings. The lowest BCUT2D eigenvalue weighted by molar-refractivity contribution is 0.0497. The highest BCUT2D eigenvalue weighted by atomic mass is 19.2. The first-order valence-corrected chi connectivity index (χ1v) is 10.3. The molecule has 1 aromatic heterocycles. The third kappa shape index (κ3) is 4.80. The molecule has 1 saturated heterocycles. The summed E-state index contributed by atoms with van der Waals surface area (Å²) in [6, 6.07) is 12.6. The number of hydrogen-bond donors (Lipinski definition) is 1. The predicted molar refractivity (Wildman–Crippen MR) is 112 cm³/mol. The average molecular weight is 443 g/mol. The van der Waals surface area contributed by atoms with Crippen LogP contribution in [-0.4, -0.2) is 34.9 Å². The summed E-state index contributed by atoms with van der Waals surface area (Å²) in [5.74, 6) is -2.93. The van der Waals surface area contributed by atoms with Crippen LogP contribution >= 0.6 is 0 Å². The minimum Gasteiger partial charge on any atom is -0.349 e. The van der Waals surface area contributed by atoms with Gasteiger partial charge in [-0.2, -0.15) is 0 Å². The third-order valence-electron chi connectivity index (χ3n) is 5.57. The molecule has 4 nitrogen and oxygen atoms in total. The predicted octanol–water partition coefficient (Wildman–Crippen LogP) is 5.03. The van der Waals surface area contributed by atoms with Crippen LogP contribution in [0.3, 0.4) is 0 Å². The number of carbonyl (C=O) groups excluding carboxylic acids is 1. The van der Waals surface area contributed by atoms with Gasteiger partial charge in [0.1, 0.15) is 5.82 Å². The lowest BCUT2D eigenvalue weighted by Gasteiger charge is -2.34. The fourth-order valence-electron chi connectivity index (χ4n) is 3.79. The van der Waals surface area contributed by atoms with Crippen LogP contribution in [0, 0.1) is 17.5 Å². The number of hydrogen-bond acceptors (Lipinski definition) is 3. The summed E-state index contributed by atoms with van der Waals surface area (Å²) >= 11 is 0. The highest BCUT2D eigenvalue weighted by Gasteiger charge is 2.29. The standard InChI is InChI=1S/C24H21F4N3O/c25-17-4-1-3-15(13-17)21-8-7-16(14-29-21)24(32)30-18-9-11-31(12-10-18)23(28)19-5-2-6-20(26)22(19)27/h1-8,13-14,18,23H,9-12H2,(H,30,32). The molecule has 4 rings (SSSR count). The van der Waals surface area contributed by atoms with Crippen LogP contribution in [0.1, 0.15) is 35.1 Å². The van der Waals surface area contributed by atoms with E-state index in [1.807, 2.05) is 0 Å². The van der Waals surface area contributed by atoms with E-state index in [2.05, 4.69) is 10.3 Å². The van der Waals surface area contributed by atoms with E-state index < -0.39 is 17.9 Å². The van der Waals surface area contributed by atoms with E-state index in [0.29, 0.717) is 42.8 Å². The van der Waals surface area contributed by atoms with Crippen LogP contribution < -0.4 is 5.32 Å². The van der Waals surface area contributed by atoms with Crippen molar-refractivity contribution in [3.8, 4) is 11.3 Å². The first-order valence-electron chi connectivity index (χ1n) is 10.3. The van der Waals surface area contributed by atoms with Crippen molar-refractivity contribution in [2.75, 3.05) is 13.1 Å². The molecule has 0 spiro atoms. The first kappa shape index (κ1) is 22.0. The van der Waals surface area contributed by atoms with Gasteiger partial charge in [0, 0.05) is 36.5 Å². The van der Waals surface area contributed by atoms with Crippen molar-refractivity contribution in [3.63, 3.8) is 0 Å². The smallest absolute Gasteiger partial charge is 0.253 e. The van der Waals surface area contributed by atoms with Crippen molar-refractivity contribution in [2.24, 2.45) is 0 Å². The molecule has 0 radical (unpaired) electrons. The van der Waals surface area contributed by atoms with Crippen molar-refractivity contribution in [2.45, 2.75) is 25.2 Å². The summed E-state index contributed by atoms with van der Waals surface area (Å²) in [6.45, 7) is 0.581. The Bertz CT molecular complexity index is 1100. The molecule has 0 saturated carbocycles. The molecular weight excluding hydrogens is 422 g/mol. The number of piperidine rings is 1. The van der Waals surface area contributed by atoms with Crippen LogP contribution in [-0.2, 0) is 0 Å². The number of nitrogens with one attached hydrogen (secondary N) is 1. The highest BCUT2D eigenvalue weighted by molar-refractivity contribution is 5.94. The molecule has 0 bridgehead atoms. The topological polar surface area (TPSA) is 45.2 Å². The molecule has 8 heteroatoms. The SMILES string of the molecule is O=C(NC1CCN(C(F)c2cccc(F)c2F)CC1)c1ccc(-c2cccc(F)c2)nc1. The Hall–Kier alpha value is -3.26. The average Bonchev–Trinajstić information content (AvgIpc) is 2.81. The summed E-state index contributed by atoms with van der Waals surface area (Å²) < 4.78 is 55.4. The van der Waals surface area contributed by atoms with E-state index in [0.717, 1.165) is 6.07 Å². The van der Waals surface area contributed by atoms with Gasteiger partial charge in [0.05, 0.1) is 11.3 Å². The van der Waals surface area contributed by atoms with Gasteiger partial charge in [0.2, 0.25) is 0 Å². The van der Waals surface area contributed by atoms with Crippen LogP contribution in [0.15, 0.2) is 60.8 Å². The van der Waals surface area contributed by atoms with Crippen molar-refractivity contribution < 1.29 is 22.4 Å². The number of alkyl halides is 1.